The van der Waals surface area contributed by atoms with E-state index in [-0.39, 0.29) is 17.3 Å². The summed E-state index contributed by atoms with van der Waals surface area (Å²) in [6.45, 7) is 10.1. The van der Waals surface area contributed by atoms with E-state index in [0.29, 0.717) is 6.01 Å². The fourth-order valence-corrected chi connectivity index (χ4v) is 2.87. The summed E-state index contributed by atoms with van der Waals surface area (Å²) in [5.74, 6) is 0. The summed E-state index contributed by atoms with van der Waals surface area (Å²) in [6.07, 6.45) is 6.70. The zero-order valence-corrected chi connectivity index (χ0v) is 14.2. The lowest BCUT2D eigenvalue weighted by Gasteiger charge is -2.32. The third kappa shape index (κ3) is 2.86. The lowest BCUT2D eigenvalue weighted by atomic mass is 9.79. The standard InChI is InChI=1S/C16H25BN2O3/c1-11-13(17-21-15(2,3)16(4,5)22-17)10-18-14(19-11)20-12-8-6-7-9-12/h10,12H,6-9H2,1-5H3. The summed E-state index contributed by atoms with van der Waals surface area (Å²) in [5.41, 5.74) is 1.01. The Morgan fingerprint density at radius 3 is 2.27 bits per heavy atom. The first kappa shape index (κ1) is 15.7. The SMILES string of the molecule is Cc1nc(OC2CCCC2)ncc1B1OC(C)(C)C(C)(C)O1. The van der Waals surface area contributed by atoms with Crippen LogP contribution in [0.2, 0.25) is 0 Å². The van der Waals surface area contributed by atoms with Crippen molar-refractivity contribution in [2.75, 3.05) is 0 Å². The smallest absolute Gasteiger partial charge is 0.460 e. The van der Waals surface area contributed by atoms with Crippen LogP contribution in [-0.4, -0.2) is 34.4 Å². The van der Waals surface area contributed by atoms with Gasteiger partial charge in [-0.2, -0.15) is 0 Å². The van der Waals surface area contributed by atoms with Crippen LogP contribution < -0.4 is 10.2 Å². The van der Waals surface area contributed by atoms with E-state index in [4.69, 9.17) is 14.0 Å². The monoisotopic (exact) mass is 304 g/mol. The van der Waals surface area contributed by atoms with Crippen LogP contribution >= 0.6 is 0 Å². The first-order chi connectivity index (χ1) is 10.3. The summed E-state index contributed by atoms with van der Waals surface area (Å²) in [5, 5.41) is 0. The third-order valence-corrected chi connectivity index (χ3v) is 5.08. The number of ether oxygens (including phenoxy) is 1. The third-order valence-electron chi connectivity index (χ3n) is 5.08. The van der Waals surface area contributed by atoms with Crippen molar-refractivity contribution in [2.24, 2.45) is 0 Å². The molecule has 1 aromatic rings. The minimum Gasteiger partial charge on any atom is -0.460 e. The van der Waals surface area contributed by atoms with Gasteiger partial charge >= 0.3 is 13.1 Å². The van der Waals surface area contributed by atoms with Gasteiger partial charge in [-0.15, -0.1) is 0 Å². The molecule has 0 atom stereocenters. The molecule has 2 aliphatic rings. The van der Waals surface area contributed by atoms with Gasteiger partial charge in [0.05, 0.1) is 11.2 Å². The predicted octanol–water partition coefficient (Wildman–Crippen LogP) is 2.41. The van der Waals surface area contributed by atoms with E-state index in [1.54, 1.807) is 6.20 Å². The highest BCUT2D eigenvalue weighted by molar-refractivity contribution is 6.62. The number of hydrogen-bond donors (Lipinski definition) is 0. The van der Waals surface area contributed by atoms with Crippen LogP contribution in [0.4, 0.5) is 0 Å². The van der Waals surface area contributed by atoms with E-state index in [9.17, 15) is 0 Å². The molecule has 0 amide bonds. The van der Waals surface area contributed by atoms with Gasteiger partial charge in [0.2, 0.25) is 0 Å². The van der Waals surface area contributed by atoms with Crippen LogP contribution in [0.1, 0.15) is 59.1 Å². The first-order valence-electron chi connectivity index (χ1n) is 8.14. The molecule has 2 heterocycles. The van der Waals surface area contributed by atoms with Crippen molar-refractivity contribution in [1.82, 2.24) is 9.97 Å². The molecule has 0 aromatic carbocycles. The minimum absolute atomic E-state index is 0.266. The maximum absolute atomic E-state index is 6.06. The number of aromatic nitrogens is 2. The zero-order chi connectivity index (χ0) is 16.0. The molecule has 1 aromatic heterocycles. The average Bonchev–Trinajstić information content (AvgIpc) is 2.96. The van der Waals surface area contributed by atoms with Crippen LogP contribution in [0.15, 0.2) is 6.20 Å². The van der Waals surface area contributed by atoms with Gasteiger partial charge in [-0.1, -0.05) is 0 Å². The second-order valence-electron chi connectivity index (χ2n) is 7.31. The van der Waals surface area contributed by atoms with Gasteiger partial charge in [-0.05, 0) is 60.3 Å². The summed E-state index contributed by atoms with van der Waals surface area (Å²) >= 11 is 0. The summed E-state index contributed by atoms with van der Waals surface area (Å²) in [4.78, 5) is 8.83. The Kier molecular flexibility index (Phi) is 3.93. The Labute approximate surface area is 132 Å². The Morgan fingerprint density at radius 2 is 1.73 bits per heavy atom. The molecular formula is C16H25BN2O3. The molecule has 1 aliphatic heterocycles. The fourth-order valence-electron chi connectivity index (χ4n) is 2.87. The van der Waals surface area contributed by atoms with Crippen molar-refractivity contribution in [3.8, 4) is 6.01 Å². The van der Waals surface area contributed by atoms with Gasteiger partial charge in [0, 0.05) is 17.4 Å². The topological polar surface area (TPSA) is 53.5 Å². The van der Waals surface area contributed by atoms with Crippen LogP contribution in [0.25, 0.3) is 0 Å². The molecular weight excluding hydrogens is 279 g/mol. The van der Waals surface area contributed by atoms with Gasteiger partial charge in [0.15, 0.2) is 0 Å². The molecule has 5 nitrogen and oxygen atoms in total. The summed E-state index contributed by atoms with van der Waals surface area (Å²) < 4.78 is 18.0. The number of nitrogens with zero attached hydrogens (tertiary/aromatic N) is 2. The van der Waals surface area contributed by atoms with Crippen LogP contribution in [-0.2, 0) is 9.31 Å². The zero-order valence-electron chi connectivity index (χ0n) is 14.2. The number of hydrogen-bond acceptors (Lipinski definition) is 5. The molecule has 22 heavy (non-hydrogen) atoms. The van der Waals surface area contributed by atoms with Crippen molar-refractivity contribution in [2.45, 2.75) is 77.6 Å². The van der Waals surface area contributed by atoms with Crippen LogP contribution in [0, 0.1) is 6.92 Å². The van der Waals surface area contributed by atoms with E-state index in [1.807, 2.05) is 34.6 Å². The molecule has 0 bridgehead atoms. The Hall–Kier alpha value is -1.14. The van der Waals surface area contributed by atoms with Gasteiger partial charge in [-0.3, -0.25) is 0 Å². The molecule has 0 N–H and O–H groups in total. The van der Waals surface area contributed by atoms with Crippen LogP contribution in [0.3, 0.4) is 0 Å². The molecule has 0 radical (unpaired) electrons. The molecule has 0 spiro atoms. The van der Waals surface area contributed by atoms with Crippen molar-refractivity contribution in [3.63, 3.8) is 0 Å². The molecule has 3 rings (SSSR count). The van der Waals surface area contributed by atoms with Gasteiger partial charge in [-0.25, -0.2) is 9.97 Å². The molecule has 2 fully saturated rings. The van der Waals surface area contributed by atoms with E-state index >= 15 is 0 Å². The van der Waals surface area contributed by atoms with Crippen molar-refractivity contribution in [1.29, 1.82) is 0 Å². The highest BCUT2D eigenvalue weighted by Gasteiger charge is 2.52. The quantitative estimate of drug-likeness (QED) is 0.803. The van der Waals surface area contributed by atoms with Crippen LogP contribution in [0.5, 0.6) is 6.01 Å². The summed E-state index contributed by atoms with van der Waals surface area (Å²) in [7, 11) is -0.425. The van der Waals surface area contributed by atoms with Gasteiger partial charge < -0.3 is 14.0 Å². The predicted molar refractivity (Wildman–Crippen MR) is 85.4 cm³/mol. The Morgan fingerprint density at radius 1 is 1.14 bits per heavy atom. The maximum atomic E-state index is 6.06. The van der Waals surface area contributed by atoms with Crippen molar-refractivity contribution < 1.29 is 14.0 Å². The second kappa shape index (κ2) is 5.50. The highest BCUT2D eigenvalue weighted by atomic mass is 16.7. The lowest BCUT2D eigenvalue weighted by molar-refractivity contribution is 0.00578. The lowest BCUT2D eigenvalue weighted by Crippen LogP contribution is -2.41. The van der Waals surface area contributed by atoms with Gasteiger partial charge in [0.25, 0.3) is 0 Å². The number of rotatable bonds is 3. The van der Waals surface area contributed by atoms with Gasteiger partial charge in [0.1, 0.15) is 6.10 Å². The molecule has 1 saturated carbocycles. The fraction of sp³-hybridized carbons (Fsp3) is 0.750. The average molecular weight is 304 g/mol. The van der Waals surface area contributed by atoms with E-state index in [1.165, 1.54) is 12.8 Å². The van der Waals surface area contributed by atoms with E-state index in [2.05, 4.69) is 9.97 Å². The maximum Gasteiger partial charge on any atom is 0.498 e. The minimum atomic E-state index is -0.425. The molecule has 120 valence electrons. The Balaban J connectivity index is 1.75. The molecule has 1 aliphatic carbocycles. The molecule has 6 heteroatoms. The molecule has 0 unspecified atom stereocenters. The highest BCUT2D eigenvalue weighted by Crippen LogP contribution is 2.36. The largest absolute Gasteiger partial charge is 0.498 e. The first-order valence-corrected chi connectivity index (χ1v) is 8.14. The summed E-state index contributed by atoms with van der Waals surface area (Å²) in [6, 6.07) is 0.463. The number of aryl methyl sites for hydroxylation is 1. The van der Waals surface area contributed by atoms with Crippen molar-refractivity contribution >= 4 is 12.6 Å². The second-order valence-corrected chi connectivity index (χ2v) is 7.31. The van der Waals surface area contributed by atoms with E-state index in [0.717, 1.165) is 24.0 Å². The molecule has 1 saturated heterocycles. The van der Waals surface area contributed by atoms with E-state index < -0.39 is 7.12 Å². The normalized spacial score (nSPS) is 24.0. The van der Waals surface area contributed by atoms with Crippen molar-refractivity contribution in [3.05, 3.63) is 11.9 Å². The Bertz CT molecular complexity index is 540.